The Morgan fingerprint density at radius 1 is 0.689 bits per heavy atom. The van der Waals surface area contributed by atoms with Crippen LogP contribution in [0.3, 0.4) is 0 Å². The molecule has 0 atom stereocenters. The lowest BCUT2D eigenvalue weighted by Gasteiger charge is -2.21. The monoisotopic (exact) mass is 580 g/mol. The van der Waals surface area contributed by atoms with Crippen molar-refractivity contribution < 1.29 is 8.83 Å². The van der Waals surface area contributed by atoms with E-state index in [4.69, 9.17) is 18.8 Å². The molecule has 4 heteroatoms. The summed E-state index contributed by atoms with van der Waals surface area (Å²) in [6.45, 7) is 4.62. The van der Waals surface area contributed by atoms with Gasteiger partial charge in [-0.1, -0.05) is 92.7 Å². The summed E-state index contributed by atoms with van der Waals surface area (Å²) in [5, 5.41) is 4.36. The second kappa shape index (κ2) is 8.80. The van der Waals surface area contributed by atoms with Crippen molar-refractivity contribution in [3.8, 4) is 33.8 Å². The lowest BCUT2D eigenvalue weighted by atomic mass is 9.82. The highest BCUT2D eigenvalue weighted by molar-refractivity contribution is 6.21. The van der Waals surface area contributed by atoms with Crippen molar-refractivity contribution in [2.45, 2.75) is 32.1 Å². The van der Waals surface area contributed by atoms with E-state index in [-0.39, 0.29) is 5.41 Å². The molecule has 3 aromatic heterocycles. The molecule has 0 amide bonds. The first-order valence-electron chi connectivity index (χ1n) is 15.6. The smallest absolute Gasteiger partial charge is 0.160 e. The van der Waals surface area contributed by atoms with Gasteiger partial charge in [-0.15, -0.1) is 0 Å². The first kappa shape index (κ1) is 24.9. The van der Waals surface area contributed by atoms with E-state index >= 15 is 0 Å². The highest BCUT2D eigenvalue weighted by Gasteiger charge is 2.38. The number of nitrogens with zero attached hydrogens (tertiary/aromatic N) is 2. The Balaban J connectivity index is 1.25. The largest absolute Gasteiger partial charge is 0.456 e. The molecule has 2 aliphatic carbocycles. The fourth-order valence-corrected chi connectivity index (χ4v) is 7.78. The molecule has 0 N–H and O–H groups in total. The first-order valence-corrected chi connectivity index (χ1v) is 15.6. The Labute approximate surface area is 259 Å². The van der Waals surface area contributed by atoms with Crippen LogP contribution in [0.1, 0.15) is 42.7 Å². The molecule has 2 aliphatic rings. The summed E-state index contributed by atoms with van der Waals surface area (Å²) in [7, 11) is 0. The Hall–Kier alpha value is -5.48. The molecule has 0 aliphatic heterocycles. The molecule has 0 saturated heterocycles. The highest BCUT2D eigenvalue weighted by Crippen LogP contribution is 2.53. The fourth-order valence-electron chi connectivity index (χ4n) is 7.78. The van der Waals surface area contributed by atoms with Crippen molar-refractivity contribution in [3.05, 3.63) is 126 Å². The number of rotatable bonds is 2. The number of hydrogen-bond donors (Lipinski definition) is 0. The van der Waals surface area contributed by atoms with Crippen LogP contribution in [0, 0.1) is 0 Å². The third-order valence-corrected chi connectivity index (χ3v) is 9.97. The average Bonchev–Trinajstić information content (AvgIpc) is 3.72. The second-order valence-corrected chi connectivity index (χ2v) is 12.8. The minimum Gasteiger partial charge on any atom is -0.456 e. The van der Waals surface area contributed by atoms with E-state index in [1.807, 2.05) is 24.3 Å². The molecule has 10 rings (SSSR count). The summed E-state index contributed by atoms with van der Waals surface area (Å²) in [5.74, 6) is 1.70. The van der Waals surface area contributed by atoms with Crippen LogP contribution in [0.4, 0.5) is 0 Å². The number of aromatic nitrogens is 2. The molecule has 0 fully saturated rings. The van der Waals surface area contributed by atoms with Crippen molar-refractivity contribution in [3.63, 3.8) is 0 Å². The van der Waals surface area contributed by atoms with Crippen molar-refractivity contribution in [1.82, 2.24) is 9.97 Å². The third-order valence-electron chi connectivity index (χ3n) is 9.97. The molecular weight excluding hydrogens is 552 g/mol. The van der Waals surface area contributed by atoms with Gasteiger partial charge in [-0.25, -0.2) is 9.97 Å². The zero-order valence-electron chi connectivity index (χ0n) is 25.0. The summed E-state index contributed by atoms with van der Waals surface area (Å²) < 4.78 is 12.9. The van der Waals surface area contributed by atoms with Gasteiger partial charge in [-0.2, -0.15) is 0 Å². The standard InChI is InChI=1S/C41H28N2O2/c1-41(2)29-18-16-24(22-28(29)35-30(41)19-17-26-25-12-6-8-14-32(25)45-39(26)35)40-42-31-20-21-34-36(27-13-7-9-15-33(27)44-34)37(31)38(43-40)23-10-4-3-5-11-23/h3-5,7-11,13-22H,6,12H2,1-2H3. The van der Waals surface area contributed by atoms with E-state index in [0.29, 0.717) is 5.82 Å². The van der Waals surface area contributed by atoms with Crippen LogP contribution in [0.5, 0.6) is 0 Å². The van der Waals surface area contributed by atoms with E-state index in [1.165, 1.54) is 33.2 Å². The SMILES string of the molecule is CC1(C)c2ccc(-c3nc(-c4ccccc4)c4c(ccc5oc6ccccc6c54)n3)cc2-c2c1ccc1c3c(oc21)C=CCC3. The molecule has 4 nitrogen and oxygen atoms in total. The molecule has 0 saturated carbocycles. The van der Waals surface area contributed by atoms with Gasteiger partial charge in [0.1, 0.15) is 22.5 Å². The molecule has 45 heavy (non-hydrogen) atoms. The van der Waals surface area contributed by atoms with Gasteiger partial charge in [0, 0.05) is 49.2 Å². The second-order valence-electron chi connectivity index (χ2n) is 12.8. The molecule has 5 aromatic carbocycles. The van der Waals surface area contributed by atoms with Gasteiger partial charge in [0.15, 0.2) is 5.82 Å². The van der Waals surface area contributed by atoms with E-state index < -0.39 is 0 Å². The summed E-state index contributed by atoms with van der Waals surface area (Å²) in [6.07, 6.45) is 6.41. The van der Waals surface area contributed by atoms with Crippen molar-refractivity contribution in [1.29, 1.82) is 0 Å². The van der Waals surface area contributed by atoms with E-state index in [1.54, 1.807) is 0 Å². The molecule has 214 valence electrons. The maximum atomic E-state index is 6.61. The summed E-state index contributed by atoms with van der Waals surface area (Å²) in [6, 6.07) is 34.0. The van der Waals surface area contributed by atoms with Crippen LogP contribution >= 0.6 is 0 Å². The topological polar surface area (TPSA) is 52.1 Å². The van der Waals surface area contributed by atoms with E-state index in [2.05, 4.69) is 98.8 Å². The van der Waals surface area contributed by atoms with Crippen LogP contribution in [-0.2, 0) is 11.8 Å². The van der Waals surface area contributed by atoms with Crippen molar-refractivity contribution >= 4 is 49.9 Å². The first-order chi connectivity index (χ1) is 22.1. The quantitative estimate of drug-likeness (QED) is 0.204. The lowest BCUT2D eigenvalue weighted by molar-refractivity contribution is 0.595. The normalized spacial score (nSPS) is 14.8. The van der Waals surface area contributed by atoms with E-state index in [0.717, 1.165) is 73.8 Å². The minimum absolute atomic E-state index is 0.145. The predicted molar refractivity (Wildman–Crippen MR) is 182 cm³/mol. The Kier molecular flexibility index (Phi) is 4.87. The summed E-state index contributed by atoms with van der Waals surface area (Å²) >= 11 is 0. The van der Waals surface area contributed by atoms with Crippen LogP contribution in [-0.4, -0.2) is 9.97 Å². The van der Waals surface area contributed by atoms with Crippen LogP contribution in [0.25, 0.3) is 83.7 Å². The summed E-state index contributed by atoms with van der Waals surface area (Å²) in [4.78, 5) is 10.5. The lowest BCUT2D eigenvalue weighted by Crippen LogP contribution is -2.14. The molecule has 0 unspecified atom stereocenters. The van der Waals surface area contributed by atoms with Gasteiger partial charge >= 0.3 is 0 Å². The third kappa shape index (κ3) is 3.37. The molecule has 0 spiro atoms. The van der Waals surface area contributed by atoms with Gasteiger partial charge in [-0.05, 0) is 59.9 Å². The van der Waals surface area contributed by atoms with Crippen LogP contribution in [0.15, 0.2) is 112 Å². The Morgan fingerprint density at radius 2 is 1.53 bits per heavy atom. The number of hydrogen-bond acceptors (Lipinski definition) is 4. The number of allylic oxidation sites excluding steroid dienone is 1. The zero-order valence-corrected chi connectivity index (χ0v) is 25.0. The average molecular weight is 581 g/mol. The predicted octanol–water partition coefficient (Wildman–Crippen LogP) is 10.9. The zero-order chi connectivity index (χ0) is 29.9. The maximum absolute atomic E-state index is 6.61. The maximum Gasteiger partial charge on any atom is 0.160 e. The number of aryl methyl sites for hydroxylation is 1. The van der Waals surface area contributed by atoms with Gasteiger partial charge in [0.25, 0.3) is 0 Å². The van der Waals surface area contributed by atoms with Crippen LogP contribution < -0.4 is 0 Å². The molecule has 0 bridgehead atoms. The molecule has 3 heterocycles. The Morgan fingerprint density at radius 3 is 2.44 bits per heavy atom. The number of furan rings is 2. The number of para-hydroxylation sites is 1. The van der Waals surface area contributed by atoms with Gasteiger partial charge in [0.05, 0.1) is 11.2 Å². The van der Waals surface area contributed by atoms with Gasteiger partial charge in [-0.3, -0.25) is 0 Å². The minimum atomic E-state index is -0.145. The highest BCUT2D eigenvalue weighted by atomic mass is 16.3. The van der Waals surface area contributed by atoms with Crippen LogP contribution in [0.2, 0.25) is 0 Å². The Bertz CT molecular complexity index is 2570. The van der Waals surface area contributed by atoms with Gasteiger partial charge in [0.2, 0.25) is 0 Å². The van der Waals surface area contributed by atoms with E-state index in [9.17, 15) is 0 Å². The molecule has 8 aromatic rings. The number of benzene rings is 5. The van der Waals surface area contributed by atoms with Crippen molar-refractivity contribution in [2.75, 3.05) is 0 Å². The van der Waals surface area contributed by atoms with Gasteiger partial charge < -0.3 is 8.83 Å². The van der Waals surface area contributed by atoms with Crippen molar-refractivity contribution in [2.24, 2.45) is 0 Å². The number of fused-ring (bicyclic) bond motifs is 12. The molecular formula is C41H28N2O2. The fraction of sp³-hybridized carbons (Fsp3) is 0.122. The molecule has 0 radical (unpaired) electrons. The summed E-state index contributed by atoms with van der Waals surface area (Å²) in [5.41, 5.74) is 12.7.